The molecule has 2 heterocycles. The summed E-state index contributed by atoms with van der Waals surface area (Å²) in [7, 11) is 5.49. The van der Waals surface area contributed by atoms with Crippen molar-refractivity contribution in [2.75, 3.05) is 47.4 Å². The van der Waals surface area contributed by atoms with Crippen LogP contribution in [0.1, 0.15) is 47.9 Å². The number of aliphatic hydroxyl groups is 1. The van der Waals surface area contributed by atoms with E-state index in [1.54, 1.807) is 43.4 Å². The molecule has 2 aromatic rings. The number of hydrogen-bond acceptors (Lipinski definition) is 6. The van der Waals surface area contributed by atoms with Gasteiger partial charge in [0.1, 0.15) is 11.7 Å². The number of amides is 2. The lowest BCUT2D eigenvalue weighted by molar-refractivity contribution is 0.0331. The minimum atomic E-state index is -0.338. The zero-order valence-corrected chi connectivity index (χ0v) is 21.7. The van der Waals surface area contributed by atoms with Gasteiger partial charge in [-0.2, -0.15) is 0 Å². The van der Waals surface area contributed by atoms with Crippen molar-refractivity contribution >= 4 is 11.8 Å². The van der Waals surface area contributed by atoms with Gasteiger partial charge in [0.15, 0.2) is 0 Å². The summed E-state index contributed by atoms with van der Waals surface area (Å²) in [5, 5.41) is 9.86. The Hall–Kier alpha value is -2.97. The summed E-state index contributed by atoms with van der Waals surface area (Å²) in [5.74, 6) is 0.0385. The van der Waals surface area contributed by atoms with E-state index in [2.05, 4.69) is 30.8 Å². The van der Waals surface area contributed by atoms with Crippen molar-refractivity contribution < 1.29 is 19.4 Å². The normalized spacial score (nSPS) is 19.0. The van der Waals surface area contributed by atoms with Gasteiger partial charge >= 0.3 is 0 Å². The lowest BCUT2D eigenvalue weighted by Gasteiger charge is -2.37. The minimum Gasteiger partial charge on any atom is -0.472 e. The van der Waals surface area contributed by atoms with Crippen molar-refractivity contribution in [3.8, 4) is 17.0 Å². The molecule has 0 aliphatic carbocycles. The van der Waals surface area contributed by atoms with Crippen molar-refractivity contribution in [3.05, 3.63) is 47.7 Å². The number of likely N-dealkylation sites (N-methyl/N-ethyl adjacent to an activating group) is 1. The third-order valence-corrected chi connectivity index (χ3v) is 6.47. The number of carbonyl (C=O) groups is 2. The Morgan fingerprint density at radius 3 is 2.66 bits per heavy atom. The van der Waals surface area contributed by atoms with Crippen LogP contribution in [0.25, 0.3) is 11.1 Å². The Morgan fingerprint density at radius 2 is 2.00 bits per heavy atom. The van der Waals surface area contributed by atoms with Crippen molar-refractivity contribution in [3.63, 3.8) is 0 Å². The Balaban J connectivity index is 2.04. The number of rotatable bonds is 8. The van der Waals surface area contributed by atoms with Gasteiger partial charge < -0.3 is 24.5 Å². The average Bonchev–Trinajstić information content (AvgIpc) is 2.85. The van der Waals surface area contributed by atoms with Crippen LogP contribution in [-0.4, -0.2) is 96.1 Å². The number of hydrogen-bond donors (Lipinski definition) is 1. The van der Waals surface area contributed by atoms with Gasteiger partial charge in [-0.25, -0.2) is 4.98 Å². The first-order valence-electron chi connectivity index (χ1n) is 12.2. The number of pyridine rings is 1. The fourth-order valence-electron chi connectivity index (χ4n) is 4.35. The highest BCUT2D eigenvalue weighted by atomic mass is 16.5. The average molecular weight is 483 g/mol. The molecule has 1 aliphatic rings. The highest BCUT2D eigenvalue weighted by molar-refractivity contribution is 5.98. The second kappa shape index (κ2) is 11.6. The zero-order chi connectivity index (χ0) is 25.7. The molecule has 1 aliphatic heterocycles. The molecule has 8 nitrogen and oxygen atoms in total. The van der Waals surface area contributed by atoms with Crippen molar-refractivity contribution in [2.45, 2.75) is 39.3 Å². The molecule has 0 unspecified atom stereocenters. The summed E-state index contributed by atoms with van der Waals surface area (Å²) < 4.78 is 6.36. The highest BCUT2D eigenvalue weighted by Crippen LogP contribution is 2.30. The van der Waals surface area contributed by atoms with Crippen LogP contribution >= 0.6 is 0 Å². The fraction of sp³-hybridized carbons (Fsp3) is 0.519. The molecule has 0 spiro atoms. The van der Waals surface area contributed by atoms with E-state index in [-0.39, 0.29) is 36.5 Å². The zero-order valence-electron chi connectivity index (χ0n) is 21.7. The van der Waals surface area contributed by atoms with Gasteiger partial charge in [0.2, 0.25) is 5.88 Å². The molecule has 8 heteroatoms. The Morgan fingerprint density at radius 1 is 1.26 bits per heavy atom. The SMILES string of the molecule is CCCN(C)C[C@H]1Oc2ncc(-c3cccc(C(=O)N(C)C)c3)cc2C(=O)N([C@H](C)CO)C[C@H]1C. The summed E-state index contributed by atoms with van der Waals surface area (Å²) in [6.45, 7) is 8.06. The van der Waals surface area contributed by atoms with Gasteiger partial charge in [-0.3, -0.25) is 9.59 Å². The number of benzene rings is 1. The monoisotopic (exact) mass is 482 g/mol. The molecule has 0 saturated carbocycles. The molecule has 0 radical (unpaired) electrons. The van der Waals surface area contributed by atoms with Gasteiger partial charge in [0.05, 0.1) is 12.6 Å². The maximum Gasteiger partial charge on any atom is 0.259 e. The minimum absolute atomic E-state index is 0.0515. The van der Waals surface area contributed by atoms with Crippen LogP contribution in [0, 0.1) is 5.92 Å². The molecule has 1 aromatic heterocycles. The maximum absolute atomic E-state index is 13.6. The Bertz CT molecular complexity index is 1040. The van der Waals surface area contributed by atoms with E-state index in [0.717, 1.165) is 24.1 Å². The number of ether oxygens (including phenoxy) is 1. The van der Waals surface area contributed by atoms with Crippen LogP contribution in [0.5, 0.6) is 5.88 Å². The molecule has 3 rings (SSSR count). The maximum atomic E-state index is 13.6. The third-order valence-electron chi connectivity index (χ3n) is 6.47. The molecule has 35 heavy (non-hydrogen) atoms. The second-order valence-electron chi connectivity index (χ2n) is 9.74. The van der Waals surface area contributed by atoms with E-state index >= 15 is 0 Å². The first-order chi connectivity index (χ1) is 16.7. The van der Waals surface area contributed by atoms with Gasteiger partial charge in [-0.15, -0.1) is 0 Å². The van der Waals surface area contributed by atoms with Crippen molar-refractivity contribution in [1.82, 2.24) is 19.7 Å². The lowest BCUT2D eigenvalue weighted by Crippen LogP contribution is -2.50. The Kier molecular flexibility index (Phi) is 8.86. The number of nitrogens with zero attached hydrogens (tertiary/aromatic N) is 4. The van der Waals surface area contributed by atoms with Crippen molar-refractivity contribution in [1.29, 1.82) is 0 Å². The molecule has 1 aromatic carbocycles. The number of aliphatic hydroxyl groups excluding tert-OH is 1. The van der Waals surface area contributed by atoms with E-state index < -0.39 is 0 Å². The van der Waals surface area contributed by atoms with Crippen LogP contribution < -0.4 is 4.74 Å². The quantitative estimate of drug-likeness (QED) is 0.623. The molecule has 1 N–H and O–H groups in total. The summed E-state index contributed by atoms with van der Waals surface area (Å²) in [6.07, 6.45) is 2.56. The molecular weight excluding hydrogens is 444 g/mol. The lowest BCUT2D eigenvalue weighted by atomic mass is 9.98. The molecular formula is C27H38N4O4. The molecule has 3 atom stereocenters. The van der Waals surface area contributed by atoms with E-state index in [0.29, 0.717) is 30.1 Å². The third kappa shape index (κ3) is 6.18. The van der Waals surface area contributed by atoms with E-state index in [4.69, 9.17) is 4.74 Å². The predicted molar refractivity (Wildman–Crippen MR) is 137 cm³/mol. The van der Waals surface area contributed by atoms with Gasteiger partial charge in [-0.05, 0) is 50.7 Å². The molecule has 0 bridgehead atoms. The summed E-state index contributed by atoms with van der Waals surface area (Å²) in [5.41, 5.74) is 2.43. The standard InChI is InChI=1S/C27H38N4O4/c1-7-11-30(6)16-24-18(2)15-31(19(3)17-32)27(34)23-13-22(14-28-25(23)35-24)20-9-8-10-21(12-20)26(33)29(4)5/h8-10,12-14,18-19,24,32H,7,11,15-17H2,1-6H3/t18-,19-,24-/m1/s1. The number of carbonyl (C=O) groups excluding carboxylic acids is 2. The predicted octanol–water partition coefficient (Wildman–Crippen LogP) is 3.01. The Labute approximate surface area is 208 Å². The van der Waals surface area contributed by atoms with Crippen LogP contribution in [0.4, 0.5) is 0 Å². The van der Waals surface area contributed by atoms with Gasteiger partial charge in [0, 0.05) is 50.4 Å². The fourth-order valence-corrected chi connectivity index (χ4v) is 4.35. The van der Waals surface area contributed by atoms with Gasteiger partial charge in [-0.1, -0.05) is 26.0 Å². The summed E-state index contributed by atoms with van der Waals surface area (Å²) >= 11 is 0. The molecule has 0 fully saturated rings. The van der Waals surface area contributed by atoms with E-state index in [1.807, 2.05) is 19.1 Å². The number of aromatic nitrogens is 1. The smallest absolute Gasteiger partial charge is 0.259 e. The molecule has 0 saturated heterocycles. The number of fused-ring (bicyclic) bond motifs is 1. The largest absolute Gasteiger partial charge is 0.472 e. The second-order valence-corrected chi connectivity index (χ2v) is 9.74. The first-order valence-corrected chi connectivity index (χ1v) is 12.2. The molecule has 190 valence electrons. The van der Waals surface area contributed by atoms with Crippen molar-refractivity contribution in [2.24, 2.45) is 5.92 Å². The topological polar surface area (TPSA) is 86.2 Å². The van der Waals surface area contributed by atoms with Gasteiger partial charge in [0.25, 0.3) is 11.8 Å². The van der Waals surface area contributed by atoms with E-state index in [9.17, 15) is 14.7 Å². The van der Waals surface area contributed by atoms with Crippen LogP contribution in [-0.2, 0) is 0 Å². The summed E-state index contributed by atoms with van der Waals surface area (Å²) in [6, 6.07) is 8.73. The highest BCUT2D eigenvalue weighted by Gasteiger charge is 2.34. The molecule has 2 amide bonds. The van der Waals surface area contributed by atoms with Crippen LogP contribution in [0.2, 0.25) is 0 Å². The van der Waals surface area contributed by atoms with E-state index in [1.165, 1.54) is 4.90 Å². The van der Waals surface area contributed by atoms with Crippen LogP contribution in [0.3, 0.4) is 0 Å². The van der Waals surface area contributed by atoms with Crippen LogP contribution in [0.15, 0.2) is 36.5 Å². The summed E-state index contributed by atoms with van der Waals surface area (Å²) in [4.78, 5) is 36.1. The first kappa shape index (κ1) is 26.6.